The number of phenols is 1. The van der Waals surface area contributed by atoms with Gasteiger partial charge in [-0.05, 0) is 133 Å². The number of aryl methyl sites for hydroxylation is 1. The minimum Gasteiger partial charge on any atom is -0.502 e. The van der Waals surface area contributed by atoms with Crippen molar-refractivity contribution in [3.05, 3.63) is 70.3 Å². The van der Waals surface area contributed by atoms with Gasteiger partial charge in [-0.2, -0.15) is 0 Å². The van der Waals surface area contributed by atoms with E-state index >= 15 is 0 Å². The van der Waals surface area contributed by atoms with E-state index in [2.05, 4.69) is 13.0 Å². The van der Waals surface area contributed by atoms with E-state index in [-0.39, 0.29) is 48.8 Å². The van der Waals surface area contributed by atoms with Crippen LogP contribution in [0.2, 0.25) is 0 Å². The molecular formula is C52H63Cl2NO16. The summed E-state index contributed by atoms with van der Waals surface area (Å²) in [5, 5.41) is 43.1. The van der Waals surface area contributed by atoms with Crippen LogP contribution in [0.15, 0.2) is 42.5 Å². The fourth-order valence-corrected chi connectivity index (χ4v) is 13.4. The first-order valence-electron chi connectivity index (χ1n) is 24.6. The molecule has 15 atom stereocenters. The fraction of sp³-hybridized carbons (Fsp3) is 0.615. The maximum atomic E-state index is 13.4. The van der Waals surface area contributed by atoms with Gasteiger partial charge >= 0.3 is 12.1 Å². The van der Waals surface area contributed by atoms with Crippen molar-refractivity contribution in [1.29, 1.82) is 0 Å². The van der Waals surface area contributed by atoms with Crippen LogP contribution in [0, 0.1) is 29.1 Å². The number of carbonyl (C=O) groups excluding carboxylic acids is 2. The van der Waals surface area contributed by atoms with Gasteiger partial charge in [-0.25, -0.2) is 4.79 Å². The molecule has 4 heterocycles. The van der Waals surface area contributed by atoms with Crippen LogP contribution >= 0.6 is 23.2 Å². The molecule has 17 nitrogen and oxygen atoms in total. The molecule has 2 saturated carbocycles. The molecule has 71 heavy (non-hydrogen) atoms. The first-order chi connectivity index (χ1) is 34.3. The summed E-state index contributed by atoms with van der Waals surface area (Å²) >= 11 is 11.6. The third-order valence-corrected chi connectivity index (χ3v) is 16.9. The smallest absolute Gasteiger partial charge is 0.415 e. The fourth-order valence-electron chi connectivity index (χ4n) is 13.0. The number of hydrogen-bond donors (Lipinski definition) is 4. The molecule has 5 fully saturated rings. The van der Waals surface area contributed by atoms with Crippen LogP contribution in [0.1, 0.15) is 91.7 Å². The average Bonchev–Trinajstić information content (AvgIpc) is 4.08. The van der Waals surface area contributed by atoms with Crippen LogP contribution in [0.4, 0.5) is 4.79 Å². The minimum absolute atomic E-state index is 0.0301. The first-order valence-corrected chi connectivity index (χ1v) is 25.7. The number of carbonyl (C=O) groups is 2. The number of cyclic esters (lactones) is 1. The number of nitrogens with zero attached hydrogens (tertiary/aromatic N) is 1. The third kappa shape index (κ3) is 9.15. The highest BCUT2D eigenvalue weighted by molar-refractivity contribution is 6.18. The van der Waals surface area contributed by atoms with Crippen LogP contribution in [0.5, 0.6) is 34.5 Å². The zero-order chi connectivity index (χ0) is 49.9. The van der Waals surface area contributed by atoms with Crippen molar-refractivity contribution < 1.29 is 77.4 Å². The number of aliphatic hydroxyl groups excluding tert-OH is 3. The van der Waals surface area contributed by atoms with Crippen LogP contribution in [0.25, 0.3) is 0 Å². The molecule has 8 aliphatic rings. The van der Waals surface area contributed by atoms with Crippen LogP contribution in [-0.2, 0) is 34.9 Å². The molecule has 0 radical (unpaired) electrons. The molecule has 3 aromatic rings. The topological polar surface area (TPSA) is 211 Å². The number of amides is 1. The van der Waals surface area contributed by atoms with Crippen molar-refractivity contribution in [3.63, 3.8) is 0 Å². The lowest BCUT2D eigenvalue weighted by molar-refractivity contribution is -0.364. The van der Waals surface area contributed by atoms with E-state index in [4.69, 9.17) is 70.6 Å². The molecule has 19 heteroatoms. The van der Waals surface area contributed by atoms with Crippen molar-refractivity contribution in [2.75, 3.05) is 59.1 Å². The number of aliphatic hydroxyl groups is 3. The molecule has 3 saturated heterocycles. The lowest BCUT2D eigenvalue weighted by atomic mass is 9.55. The number of phenolic OH excluding ortho intramolecular Hbond substituents is 1. The Bertz CT molecular complexity index is 2430. The lowest BCUT2D eigenvalue weighted by Crippen LogP contribution is -2.63. The van der Waals surface area contributed by atoms with E-state index in [0.29, 0.717) is 76.5 Å². The Balaban J connectivity index is 0.000000176. The summed E-state index contributed by atoms with van der Waals surface area (Å²) in [5.74, 6) is 2.14. The molecule has 0 unspecified atom stereocenters. The highest BCUT2D eigenvalue weighted by Gasteiger charge is 2.57. The number of methoxy groups -OCH3 is 2. The predicted octanol–water partition coefficient (Wildman–Crippen LogP) is 6.52. The maximum absolute atomic E-state index is 13.4. The van der Waals surface area contributed by atoms with Crippen LogP contribution in [0.3, 0.4) is 0 Å². The van der Waals surface area contributed by atoms with Crippen molar-refractivity contribution in [2.24, 2.45) is 29.1 Å². The van der Waals surface area contributed by atoms with Crippen LogP contribution < -0.4 is 23.7 Å². The van der Waals surface area contributed by atoms with E-state index < -0.39 is 72.9 Å². The third-order valence-electron chi connectivity index (χ3n) is 16.6. The molecule has 4 N–H and O–H groups in total. The molecular weight excluding hydrogens is 965 g/mol. The Morgan fingerprint density at radius 1 is 0.845 bits per heavy atom. The number of benzene rings is 3. The number of hydrogen-bond acceptors (Lipinski definition) is 16. The molecule has 0 aromatic heterocycles. The monoisotopic (exact) mass is 1030 g/mol. The SMILES string of the molecule is COc1cc([C@@H]2c3cc4c(cc3[C@@H](O[C@@H]3O[C@@H]5CO[C@@H](C)O[C@H]5[C@H](O)[C@H]3O)[C@H]3COC(=O)[C@H]23)OCO4)cc(OC)c1O.C[C@]12CC[C@@H]3c4ccc(OC(=O)N(CCCl)CCCl)cc4CC[C@H]3[C@@H]1CC[C@@H]2O. The molecule has 0 bridgehead atoms. The number of halogens is 2. The molecule has 4 aliphatic carbocycles. The van der Waals surface area contributed by atoms with E-state index in [1.54, 1.807) is 36.1 Å². The second-order valence-corrected chi connectivity index (χ2v) is 20.9. The minimum atomic E-state index is -1.44. The van der Waals surface area contributed by atoms with Crippen molar-refractivity contribution in [1.82, 2.24) is 4.90 Å². The molecule has 386 valence electrons. The number of alkyl halides is 2. The predicted molar refractivity (Wildman–Crippen MR) is 254 cm³/mol. The van der Waals surface area contributed by atoms with Gasteiger partial charge in [0.15, 0.2) is 35.6 Å². The van der Waals surface area contributed by atoms with E-state index in [0.717, 1.165) is 38.5 Å². The number of ether oxygens (including phenoxy) is 10. The largest absolute Gasteiger partial charge is 0.502 e. The Hall–Kier alpha value is -4.30. The number of esters is 1. The van der Waals surface area contributed by atoms with Crippen molar-refractivity contribution in [2.45, 2.75) is 113 Å². The second kappa shape index (κ2) is 20.5. The van der Waals surface area contributed by atoms with E-state index in [1.165, 1.54) is 25.3 Å². The van der Waals surface area contributed by atoms with Gasteiger partial charge in [-0.15, -0.1) is 23.2 Å². The summed E-state index contributed by atoms with van der Waals surface area (Å²) < 4.78 is 57.1. The van der Waals surface area contributed by atoms with Crippen molar-refractivity contribution in [3.8, 4) is 34.5 Å². The van der Waals surface area contributed by atoms with Gasteiger partial charge in [-0.1, -0.05) is 13.0 Å². The van der Waals surface area contributed by atoms with Gasteiger partial charge in [0.2, 0.25) is 12.5 Å². The zero-order valence-corrected chi connectivity index (χ0v) is 41.7. The Kier molecular flexibility index (Phi) is 14.5. The van der Waals surface area contributed by atoms with Gasteiger partial charge in [-0.3, -0.25) is 4.79 Å². The highest BCUT2D eigenvalue weighted by Crippen LogP contribution is 2.61. The number of aromatic hydroxyl groups is 1. The maximum Gasteiger partial charge on any atom is 0.415 e. The van der Waals surface area contributed by atoms with Crippen molar-refractivity contribution >= 4 is 35.3 Å². The molecule has 4 aliphatic heterocycles. The zero-order valence-electron chi connectivity index (χ0n) is 40.2. The lowest BCUT2D eigenvalue weighted by Gasteiger charge is -2.50. The quantitative estimate of drug-likeness (QED) is 0.126. The van der Waals surface area contributed by atoms with Gasteiger partial charge < -0.3 is 72.7 Å². The normalized spacial score (nSPS) is 35.0. The molecule has 0 spiro atoms. The van der Waals surface area contributed by atoms with Gasteiger partial charge in [0.25, 0.3) is 0 Å². The summed E-state index contributed by atoms with van der Waals surface area (Å²) in [4.78, 5) is 27.4. The summed E-state index contributed by atoms with van der Waals surface area (Å²) in [7, 11) is 2.86. The standard InChI is InChI=1S/C29H32O13.C23H31Cl2NO3/c1-11-36-9-20-27(40-11)24(31)25(32)29(41-20)42-26-14-7-17-16(38-10-39-17)6-13(14)21(22-15(26)8-37-28(22)33)12-4-18(34-2)23(30)19(5-12)35-3;1-23-9-8-18-17-5-3-16(29-22(28)26(12-10-24)13-11-25)14-15(17)2-4-19(18)20(23)6-7-21(23)27/h4-7,11,15,20-22,24-27,29-32H,8-10H2,1-3H3;3,5,14,18-21,27H,2,4,6-13H2,1H3/t11-,15+,20-,21-,22+,24-,25-,26-,27-,29+;18-,19-,20+,21+,23+/m11/s1. The molecule has 1 amide bonds. The molecule has 3 aromatic carbocycles. The second-order valence-electron chi connectivity index (χ2n) is 20.1. The van der Waals surface area contributed by atoms with Gasteiger partial charge in [0.05, 0.1) is 45.6 Å². The number of rotatable bonds is 10. The Morgan fingerprint density at radius 2 is 1.56 bits per heavy atom. The van der Waals surface area contributed by atoms with Gasteiger partial charge in [0, 0.05) is 36.7 Å². The summed E-state index contributed by atoms with van der Waals surface area (Å²) in [6.45, 7) is 5.08. The summed E-state index contributed by atoms with van der Waals surface area (Å²) in [6.07, 6.45) is -0.816. The first kappa shape index (κ1) is 50.2. The summed E-state index contributed by atoms with van der Waals surface area (Å²) in [6, 6.07) is 13.1. The summed E-state index contributed by atoms with van der Waals surface area (Å²) in [5.41, 5.74) is 4.84. The van der Waals surface area contributed by atoms with E-state index in [9.17, 15) is 30.0 Å². The van der Waals surface area contributed by atoms with E-state index in [1.807, 2.05) is 12.1 Å². The highest BCUT2D eigenvalue weighted by atomic mass is 35.5. The molecule has 11 rings (SSSR count). The Labute approximate surface area is 422 Å². The average molecular weight is 1030 g/mol. The Morgan fingerprint density at radius 3 is 2.27 bits per heavy atom. The van der Waals surface area contributed by atoms with Crippen LogP contribution in [-0.4, -0.2) is 140 Å². The number of fused-ring (bicyclic) bond motifs is 9. The van der Waals surface area contributed by atoms with Gasteiger partial charge in [0.1, 0.15) is 30.2 Å².